The molecule has 1 unspecified atom stereocenters. The van der Waals surface area contributed by atoms with Gasteiger partial charge in [0.25, 0.3) is 10.0 Å². The minimum atomic E-state index is -3.58. The van der Waals surface area contributed by atoms with Gasteiger partial charge in [0.05, 0.1) is 17.2 Å². The molecule has 0 bridgehead atoms. The molecule has 1 fully saturated rings. The zero-order valence-corrected chi connectivity index (χ0v) is 12.0. The molecule has 0 amide bonds. The fraction of sp³-hybridized carbons (Fsp3) is 0.200. The molecular weight excluding hydrogens is 290 g/mol. The summed E-state index contributed by atoms with van der Waals surface area (Å²) in [6.45, 7) is 1.20. The lowest BCUT2D eigenvalue weighted by Gasteiger charge is -2.10. The number of epoxide rings is 1. The van der Waals surface area contributed by atoms with Gasteiger partial charge in [0.2, 0.25) is 0 Å². The van der Waals surface area contributed by atoms with Crippen LogP contribution in [-0.4, -0.2) is 27.7 Å². The van der Waals surface area contributed by atoms with E-state index in [-0.39, 0.29) is 11.0 Å². The molecule has 0 saturated carbocycles. The van der Waals surface area contributed by atoms with Crippen LogP contribution in [0.15, 0.2) is 59.5 Å². The van der Waals surface area contributed by atoms with Crippen LogP contribution in [0.2, 0.25) is 0 Å². The normalized spacial score (nSPS) is 17.2. The van der Waals surface area contributed by atoms with E-state index in [0.29, 0.717) is 18.0 Å². The maximum Gasteiger partial charge on any atom is 0.261 e. The highest BCUT2D eigenvalue weighted by Gasteiger charge is 2.23. The second-order valence-electron chi connectivity index (χ2n) is 4.71. The van der Waals surface area contributed by atoms with Crippen LogP contribution in [0.3, 0.4) is 0 Å². The van der Waals surface area contributed by atoms with Gasteiger partial charge >= 0.3 is 0 Å². The van der Waals surface area contributed by atoms with Crippen molar-refractivity contribution >= 4 is 15.7 Å². The molecule has 1 heterocycles. The molecule has 6 heteroatoms. The van der Waals surface area contributed by atoms with Gasteiger partial charge in [0.1, 0.15) is 18.5 Å². The van der Waals surface area contributed by atoms with Gasteiger partial charge in [-0.15, -0.1) is 0 Å². The number of rotatable bonds is 6. The van der Waals surface area contributed by atoms with Crippen molar-refractivity contribution in [3.63, 3.8) is 0 Å². The van der Waals surface area contributed by atoms with Gasteiger partial charge in [-0.1, -0.05) is 24.3 Å². The van der Waals surface area contributed by atoms with E-state index in [9.17, 15) is 8.42 Å². The summed E-state index contributed by atoms with van der Waals surface area (Å²) < 4.78 is 37.6. The van der Waals surface area contributed by atoms with Gasteiger partial charge in [-0.25, -0.2) is 8.42 Å². The van der Waals surface area contributed by atoms with Crippen LogP contribution in [0.5, 0.6) is 5.75 Å². The summed E-state index contributed by atoms with van der Waals surface area (Å²) in [5.41, 5.74) is 0.466. The molecule has 0 radical (unpaired) electrons. The first-order valence-corrected chi connectivity index (χ1v) is 8.04. The van der Waals surface area contributed by atoms with Gasteiger partial charge in [-0.05, 0) is 24.3 Å². The van der Waals surface area contributed by atoms with E-state index in [1.165, 1.54) is 0 Å². The molecule has 1 N–H and O–H groups in total. The number of ether oxygens (including phenoxy) is 2. The highest BCUT2D eigenvalue weighted by atomic mass is 32.2. The van der Waals surface area contributed by atoms with E-state index in [4.69, 9.17) is 9.47 Å². The Morgan fingerprint density at radius 3 is 2.62 bits per heavy atom. The van der Waals surface area contributed by atoms with Gasteiger partial charge < -0.3 is 9.47 Å². The molecule has 110 valence electrons. The zero-order chi connectivity index (χ0) is 14.7. The molecule has 5 nitrogen and oxygen atoms in total. The standard InChI is InChI=1S/C15H15NO4S/c17-21(18,15-7-2-1-3-8-15)16-12-5-4-6-13(9-12)19-10-14-11-20-14/h1-9,14,16H,10-11H2. The van der Waals surface area contributed by atoms with Crippen LogP contribution in [0.1, 0.15) is 0 Å². The summed E-state index contributed by atoms with van der Waals surface area (Å²) in [7, 11) is -3.58. The minimum absolute atomic E-state index is 0.162. The Kier molecular flexibility index (Phi) is 3.81. The molecule has 2 aromatic carbocycles. The molecule has 0 aromatic heterocycles. The topological polar surface area (TPSA) is 67.9 Å². The fourth-order valence-electron chi connectivity index (χ4n) is 1.82. The number of sulfonamides is 1. The van der Waals surface area contributed by atoms with Crippen molar-refractivity contribution < 1.29 is 17.9 Å². The quantitative estimate of drug-likeness (QED) is 0.831. The molecular formula is C15H15NO4S. The first-order valence-electron chi connectivity index (χ1n) is 6.56. The largest absolute Gasteiger partial charge is 0.491 e. The smallest absolute Gasteiger partial charge is 0.261 e. The van der Waals surface area contributed by atoms with Crippen molar-refractivity contribution in [2.24, 2.45) is 0 Å². The second-order valence-corrected chi connectivity index (χ2v) is 6.40. The number of nitrogens with one attached hydrogen (secondary N) is 1. The average Bonchev–Trinajstić information content (AvgIpc) is 3.30. The maximum atomic E-state index is 12.2. The first-order chi connectivity index (χ1) is 10.1. The molecule has 1 saturated heterocycles. The van der Waals surface area contributed by atoms with Gasteiger partial charge in [0, 0.05) is 6.07 Å². The third-order valence-electron chi connectivity index (χ3n) is 2.98. The summed E-state index contributed by atoms with van der Waals surface area (Å²) in [5.74, 6) is 0.610. The molecule has 1 atom stereocenters. The highest BCUT2D eigenvalue weighted by Crippen LogP contribution is 2.22. The summed E-state index contributed by atoms with van der Waals surface area (Å²) in [6.07, 6.45) is 0.162. The Hall–Kier alpha value is -2.05. The SMILES string of the molecule is O=S(=O)(Nc1cccc(OCC2CO2)c1)c1ccccc1. The molecule has 2 aromatic rings. The van der Waals surface area contributed by atoms with Crippen molar-refractivity contribution in [2.45, 2.75) is 11.0 Å². The van der Waals surface area contributed by atoms with Gasteiger partial charge in [0.15, 0.2) is 0 Å². The van der Waals surface area contributed by atoms with E-state index in [1.807, 2.05) is 0 Å². The Morgan fingerprint density at radius 2 is 1.90 bits per heavy atom. The van der Waals surface area contributed by atoms with Crippen molar-refractivity contribution in [2.75, 3.05) is 17.9 Å². The van der Waals surface area contributed by atoms with E-state index in [0.717, 1.165) is 6.61 Å². The first kappa shape index (κ1) is 13.9. The van der Waals surface area contributed by atoms with Crippen LogP contribution < -0.4 is 9.46 Å². The third kappa shape index (κ3) is 3.74. The lowest BCUT2D eigenvalue weighted by atomic mass is 10.3. The third-order valence-corrected chi connectivity index (χ3v) is 4.38. The summed E-state index contributed by atoms with van der Waals surface area (Å²) in [6, 6.07) is 15.1. The molecule has 21 heavy (non-hydrogen) atoms. The van der Waals surface area contributed by atoms with Crippen LogP contribution in [-0.2, 0) is 14.8 Å². The van der Waals surface area contributed by atoms with Crippen molar-refractivity contribution in [1.29, 1.82) is 0 Å². The average molecular weight is 305 g/mol. The summed E-state index contributed by atoms with van der Waals surface area (Å²) >= 11 is 0. The van der Waals surface area contributed by atoms with Gasteiger partial charge in [-0.2, -0.15) is 0 Å². The summed E-state index contributed by atoms with van der Waals surface area (Å²) in [4.78, 5) is 0.225. The predicted molar refractivity (Wildman–Crippen MR) is 78.9 cm³/mol. The Balaban J connectivity index is 1.73. The molecule has 3 rings (SSSR count). The molecule has 1 aliphatic rings. The predicted octanol–water partition coefficient (Wildman–Crippen LogP) is 2.27. The number of benzene rings is 2. The number of hydrogen-bond donors (Lipinski definition) is 1. The fourth-order valence-corrected chi connectivity index (χ4v) is 2.89. The van der Waals surface area contributed by atoms with E-state index in [2.05, 4.69) is 4.72 Å². The van der Waals surface area contributed by atoms with E-state index >= 15 is 0 Å². The number of hydrogen-bond acceptors (Lipinski definition) is 4. The Morgan fingerprint density at radius 1 is 1.14 bits per heavy atom. The second kappa shape index (κ2) is 5.75. The van der Waals surface area contributed by atoms with Crippen molar-refractivity contribution in [3.05, 3.63) is 54.6 Å². The molecule has 0 aliphatic carbocycles. The minimum Gasteiger partial charge on any atom is -0.491 e. The number of anilines is 1. The summed E-state index contributed by atoms with van der Waals surface area (Å²) in [5, 5.41) is 0. The maximum absolute atomic E-state index is 12.2. The zero-order valence-electron chi connectivity index (χ0n) is 11.2. The van der Waals surface area contributed by atoms with E-state index in [1.54, 1.807) is 54.6 Å². The van der Waals surface area contributed by atoms with Gasteiger partial charge in [-0.3, -0.25) is 4.72 Å². The molecule has 1 aliphatic heterocycles. The van der Waals surface area contributed by atoms with Crippen LogP contribution in [0.25, 0.3) is 0 Å². The highest BCUT2D eigenvalue weighted by molar-refractivity contribution is 7.92. The van der Waals surface area contributed by atoms with E-state index < -0.39 is 10.0 Å². The van der Waals surface area contributed by atoms with Crippen LogP contribution in [0.4, 0.5) is 5.69 Å². The Labute approximate surface area is 123 Å². The van der Waals surface area contributed by atoms with Crippen LogP contribution >= 0.6 is 0 Å². The monoisotopic (exact) mass is 305 g/mol. The molecule has 0 spiro atoms. The van der Waals surface area contributed by atoms with Crippen molar-refractivity contribution in [1.82, 2.24) is 0 Å². The lowest BCUT2D eigenvalue weighted by molar-refractivity contribution is 0.263. The lowest BCUT2D eigenvalue weighted by Crippen LogP contribution is -2.13. The van der Waals surface area contributed by atoms with Crippen molar-refractivity contribution in [3.8, 4) is 5.75 Å². The Bertz CT molecular complexity index is 711. The van der Waals surface area contributed by atoms with Crippen LogP contribution in [0, 0.1) is 0 Å².